The first-order valence-electron chi connectivity index (χ1n) is 6.43. The molecule has 20 heavy (non-hydrogen) atoms. The Morgan fingerprint density at radius 2 is 1.90 bits per heavy atom. The zero-order chi connectivity index (χ0) is 14.5. The van der Waals surface area contributed by atoms with Gasteiger partial charge in [0, 0.05) is 17.7 Å². The third-order valence-corrected chi connectivity index (χ3v) is 3.06. The molecule has 0 fully saturated rings. The topological polar surface area (TPSA) is 85.3 Å². The fraction of sp³-hybridized carbons (Fsp3) is 0.385. The largest absolute Gasteiger partial charge is 0.338 e. The van der Waals surface area contributed by atoms with Crippen molar-refractivity contribution in [1.82, 2.24) is 15.0 Å². The van der Waals surface area contributed by atoms with E-state index in [9.17, 15) is 10.1 Å². The van der Waals surface area contributed by atoms with Gasteiger partial charge in [0.2, 0.25) is 11.7 Å². The predicted molar refractivity (Wildman–Crippen MR) is 73.0 cm³/mol. The lowest BCUT2D eigenvalue weighted by Crippen LogP contribution is -2.22. The maximum atomic E-state index is 10.6. The van der Waals surface area contributed by atoms with Gasteiger partial charge >= 0.3 is 0 Å². The molecule has 0 N–H and O–H groups in total. The number of hydrogen-bond acceptors (Lipinski definition) is 6. The van der Waals surface area contributed by atoms with E-state index in [2.05, 4.69) is 28.9 Å². The third-order valence-electron chi connectivity index (χ3n) is 3.06. The van der Waals surface area contributed by atoms with Gasteiger partial charge in [-0.1, -0.05) is 19.0 Å². The number of rotatable bonds is 6. The van der Waals surface area contributed by atoms with E-state index < -0.39 is 4.92 Å². The van der Waals surface area contributed by atoms with Gasteiger partial charge in [0.1, 0.15) is 0 Å². The van der Waals surface area contributed by atoms with Crippen LogP contribution in [0.2, 0.25) is 0 Å². The normalized spacial score (nSPS) is 10.9. The molecule has 0 atom stereocenters. The summed E-state index contributed by atoms with van der Waals surface area (Å²) in [7, 11) is 0. The molecular formula is C13H16N4O3. The molecule has 2 aromatic rings. The van der Waals surface area contributed by atoms with Gasteiger partial charge in [-0.15, -0.1) is 0 Å². The molecule has 0 spiro atoms. The van der Waals surface area contributed by atoms with Crippen molar-refractivity contribution >= 4 is 5.69 Å². The van der Waals surface area contributed by atoms with Crippen LogP contribution in [-0.4, -0.2) is 33.1 Å². The van der Waals surface area contributed by atoms with Gasteiger partial charge in [0.05, 0.1) is 11.5 Å². The molecule has 2 rings (SSSR count). The van der Waals surface area contributed by atoms with E-state index in [0.717, 1.165) is 13.1 Å². The summed E-state index contributed by atoms with van der Waals surface area (Å²) in [6.07, 6.45) is 0. The summed E-state index contributed by atoms with van der Waals surface area (Å²) in [5.74, 6) is 0.990. The van der Waals surface area contributed by atoms with Crippen LogP contribution >= 0.6 is 0 Å². The van der Waals surface area contributed by atoms with Crippen molar-refractivity contribution in [1.29, 1.82) is 0 Å². The SMILES string of the molecule is CCN(CC)Cc1nc(-c2ccc([N+](=O)[O-])cc2)no1. The minimum absolute atomic E-state index is 0.0422. The van der Waals surface area contributed by atoms with E-state index in [1.165, 1.54) is 12.1 Å². The quantitative estimate of drug-likeness (QED) is 0.595. The van der Waals surface area contributed by atoms with Crippen LogP contribution < -0.4 is 0 Å². The highest BCUT2D eigenvalue weighted by Crippen LogP contribution is 2.20. The molecule has 106 valence electrons. The number of benzene rings is 1. The lowest BCUT2D eigenvalue weighted by molar-refractivity contribution is -0.384. The Bertz CT molecular complexity index is 576. The number of nitro groups is 1. The molecule has 0 aliphatic heterocycles. The number of aromatic nitrogens is 2. The van der Waals surface area contributed by atoms with E-state index in [4.69, 9.17) is 4.52 Å². The molecule has 0 radical (unpaired) electrons. The highest BCUT2D eigenvalue weighted by molar-refractivity contribution is 5.56. The molecule has 0 saturated heterocycles. The molecule has 1 heterocycles. The van der Waals surface area contributed by atoms with E-state index in [-0.39, 0.29) is 5.69 Å². The number of non-ortho nitro benzene ring substituents is 1. The second kappa shape index (κ2) is 6.25. The van der Waals surface area contributed by atoms with Gasteiger partial charge in [0.25, 0.3) is 5.69 Å². The van der Waals surface area contributed by atoms with Crippen LogP contribution in [0.1, 0.15) is 19.7 Å². The van der Waals surface area contributed by atoms with Crippen molar-refractivity contribution in [2.24, 2.45) is 0 Å². The maximum Gasteiger partial charge on any atom is 0.269 e. The van der Waals surface area contributed by atoms with Gasteiger partial charge in [-0.05, 0) is 25.2 Å². The summed E-state index contributed by atoms with van der Waals surface area (Å²) in [5.41, 5.74) is 0.741. The van der Waals surface area contributed by atoms with Gasteiger partial charge in [-0.3, -0.25) is 15.0 Å². The lowest BCUT2D eigenvalue weighted by Gasteiger charge is -2.14. The summed E-state index contributed by atoms with van der Waals surface area (Å²) in [6.45, 7) is 6.55. The first-order valence-corrected chi connectivity index (χ1v) is 6.43. The van der Waals surface area contributed by atoms with Gasteiger partial charge in [-0.2, -0.15) is 4.98 Å². The van der Waals surface area contributed by atoms with E-state index in [1.807, 2.05) is 0 Å². The molecule has 7 nitrogen and oxygen atoms in total. The predicted octanol–water partition coefficient (Wildman–Crippen LogP) is 2.49. The molecular weight excluding hydrogens is 260 g/mol. The number of nitro benzene ring substituents is 1. The Morgan fingerprint density at radius 1 is 1.25 bits per heavy atom. The fourth-order valence-electron chi connectivity index (χ4n) is 1.81. The van der Waals surface area contributed by atoms with Gasteiger partial charge < -0.3 is 4.52 Å². The highest BCUT2D eigenvalue weighted by Gasteiger charge is 2.12. The van der Waals surface area contributed by atoms with Crippen molar-refractivity contribution in [2.45, 2.75) is 20.4 Å². The third kappa shape index (κ3) is 3.18. The molecule has 1 aromatic heterocycles. The summed E-state index contributed by atoms with van der Waals surface area (Å²) in [6, 6.07) is 6.08. The van der Waals surface area contributed by atoms with Gasteiger partial charge in [-0.25, -0.2) is 0 Å². The van der Waals surface area contributed by atoms with Crippen LogP contribution in [0, 0.1) is 10.1 Å². The van der Waals surface area contributed by atoms with Crippen LogP contribution in [0.15, 0.2) is 28.8 Å². The average molecular weight is 276 g/mol. The lowest BCUT2D eigenvalue weighted by atomic mass is 10.2. The van der Waals surface area contributed by atoms with Crippen molar-refractivity contribution < 1.29 is 9.45 Å². The molecule has 0 amide bonds. The number of hydrogen-bond donors (Lipinski definition) is 0. The van der Waals surface area contributed by atoms with Crippen molar-refractivity contribution in [3.8, 4) is 11.4 Å². The van der Waals surface area contributed by atoms with Crippen LogP contribution in [0.25, 0.3) is 11.4 Å². The second-order valence-corrected chi connectivity index (χ2v) is 4.28. The second-order valence-electron chi connectivity index (χ2n) is 4.28. The minimum Gasteiger partial charge on any atom is -0.338 e. The first-order chi connectivity index (χ1) is 9.63. The molecule has 0 unspecified atom stereocenters. The van der Waals surface area contributed by atoms with E-state index in [1.54, 1.807) is 12.1 Å². The zero-order valence-electron chi connectivity index (χ0n) is 11.4. The van der Waals surface area contributed by atoms with Crippen LogP contribution in [-0.2, 0) is 6.54 Å². The standard InChI is InChI=1S/C13H16N4O3/c1-3-16(4-2)9-12-14-13(15-20-12)10-5-7-11(8-6-10)17(18)19/h5-8H,3-4,9H2,1-2H3. The Morgan fingerprint density at radius 3 is 2.45 bits per heavy atom. The number of nitrogens with zero attached hydrogens (tertiary/aromatic N) is 4. The molecule has 7 heteroatoms. The maximum absolute atomic E-state index is 10.6. The first kappa shape index (κ1) is 14.1. The molecule has 0 aliphatic carbocycles. The van der Waals surface area contributed by atoms with Crippen molar-refractivity contribution in [2.75, 3.05) is 13.1 Å². The monoisotopic (exact) mass is 276 g/mol. The Kier molecular flexibility index (Phi) is 4.41. The van der Waals surface area contributed by atoms with Crippen LogP contribution in [0.4, 0.5) is 5.69 Å². The summed E-state index contributed by atoms with van der Waals surface area (Å²) >= 11 is 0. The molecule has 1 aromatic carbocycles. The van der Waals surface area contributed by atoms with Crippen molar-refractivity contribution in [3.05, 3.63) is 40.3 Å². The molecule has 0 aliphatic rings. The summed E-state index contributed by atoms with van der Waals surface area (Å²) in [5, 5.41) is 14.5. The highest BCUT2D eigenvalue weighted by atomic mass is 16.6. The zero-order valence-corrected chi connectivity index (χ0v) is 11.4. The van der Waals surface area contributed by atoms with Gasteiger partial charge in [0.15, 0.2) is 0 Å². The Labute approximate surface area is 116 Å². The smallest absolute Gasteiger partial charge is 0.269 e. The molecule has 0 bridgehead atoms. The molecule has 0 saturated carbocycles. The Hall–Kier alpha value is -2.28. The fourth-order valence-corrected chi connectivity index (χ4v) is 1.81. The summed E-state index contributed by atoms with van der Waals surface area (Å²) in [4.78, 5) is 16.6. The van der Waals surface area contributed by atoms with Crippen LogP contribution in [0.3, 0.4) is 0 Å². The average Bonchev–Trinajstić information content (AvgIpc) is 2.93. The Balaban J connectivity index is 2.13. The van der Waals surface area contributed by atoms with Crippen LogP contribution in [0.5, 0.6) is 0 Å². The van der Waals surface area contributed by atoms with E-state index >= 15 is 0 Å². The minimum atomic E-state index is -0.439. The van der Waals surface area contributed by atoms with Crippen molar-refractivity contribution in [3.63, 3.8) is 0 Å². The summed E-state index contributed by atoms with van der Waals surface area (Å²) < 4.78 is 5.19. The van der Waals surface area contributed by atoms with E-state index in [0.29, 0.717) is 23.8 Å².